The van der Waals surface area contributed by atoms with Crippen molar-refractivity contribution in [2.75, 3.05) is 27.3 Å². The SMILES string of the molecule is COc1ccc(-c2nc(C3CCNCC3)no2)c(OC)c1. The van der Waals surface area contributed by atoms with Crippen LogP contribution < -0.4 is 14.8 Å². The fraction of sp³-hybridized carbons (Fsp3) is 0.467. The molecule has 1 aliphatic rings. The van der Waals surface area contributed by atoms with Crippen LogP contribution in [0.1, 0.15) is 24.6 Å². The number of methoxy groups -OCH3 is 2. The molecule has 2 heterocycles. The Balaban J connectivity index is 1.88. The standard InChI is InChI=1S/C15H19N3O3/c1-19-11-3-4-12(13(9-11)20-2)15-17-14(18-21-15)10-5-7-16-8-6-10/h3-4,9-10,16H,5-8H2,1-2H3. The number of nitrogens with zero attached hydrogens (tertiary/aromatic N) is 2. The van der Waals surface area contributed by atoms with Gasteiger partial charge < -0.3 is 19.3 Å². The van der Waals surface area contributed by atoms with Crippen molar-refractivity contribution in [3.05, 3.63) is 24.0 Å². The summed E-state index contributed by atoms with van der Waals surface area (Å²) in [5.74, 6) is 3.03. The lowest BCUT2D eigenvalue weighted by molar-refractivity contribution is 0.383. The molecule has 2 aromatic rings. The second-order valence-corrected chi connectivity index (χ2v) is 5.05. The monoisotopic (exact) mass is 289 g/mol. The maximum atomic E-state index is 5.42. The number of hydrogen-bond acceptors (Lipinski definition) is 6. The third kappa shape index (κ3) is 2.85. The van der Waals surface area contributed by atoms with Gasteiger partial charge in [0.2, 0.25) is 0 Å². The number of aromatic nitrogens is 2. The van der Waals surface area contributed by atoms with Crippen LogP contribution >= 0.6 is 0 Å². The van der Waals surface area contributed by atoms with Crippen LogP contribution in [0.25, 0.3) is 11.5 Å². The Labute approximate surface area is 123 Å². The van der Waals surface area contributed by atoms with E-state index in [1.54, 1.807) is 14.2 Å². The molecular formula is C15H19N3O3. The fourth-order valence-electron chi connectivity index (χ4n) is 2.57. The average molecular weight is 289 g/mol. The first kappa shape index (κ1) is 13.9. The minimum Gasteiger partial charge on any atom is -0.497 e. The molecule has 6 nitrogen and oxygen atoms in total. The van der Waals surface area contributed by atoms with E-state index in [-0.39, 0.29) is 0 Å². The van der Waals surface area contributed by atoms with Gasteiger partial charge in [0.25, 0.3) is 5.89 Å². The summed E-state index contributed by atoms with van der Waals surface area (Å²) in [6.07, 6.45) is 2.08. The topological polar surface area (TPSA) is 69.4 Å². The van der Waals surface area contributed by atoms with E-state index in [0.717, 1.165) is 43.1 Å². The van der Waals surface area contributed by atoms with Crippen molar-refractivity contribution in [2.24, 2.45) is 0 Å². The van der Waals surface area contributed by atoms with Gasteiger partial charge in [0, 0.05) is 12.0 Å². The highest BCUT2D eigenvalue weighted by Crippen LogP contribution is 2.33. The summed E-state index contributed by atoms with van der Waals surface area (Å²) in [5, 5.41) is 7.47. The van der Waals surface area contributed by atoms with Gasteiger partial charge in [-0.15, -0.1) is 0 Å². The van der Waals surface area contributed by atoms with Crippen molar-refractivity contribution in [3.63, 3.8) is 0 Å². The van der Waals surface area contributed by atoms with Crippen LogP contribution in [0, 0.1) is 0 Å². The normalized spacial score (nSPS) is 15.9. The molecule has 0 saturated carbocycles. The first-order valence-corrected chi connectivity index (χ1v) is 7.08. The molecule has 21 heavy (non-hydrogen) atoms. The molecule has 0 unspecified atom stereocenters. The van der Waals surface area contributed by atoms with Crippen LogP contribution in [0.2, 0.25) is 0 Å². The van der Waals surface area contributed by atoms with E-state index in [0.29, 0.717) is 17.6 Å². The van der Waals surface area contributed by atoms with E-state index in [4.69, 9.17) is 14.0 Å². The highest BCUT2D eigenvalue weighted by atomic mass is 16.5. The number of hydrogen-bond donors (Lipinski definition) is 1. The lowest BCUT2D eigenvalue weighted by atomic mass is 9.98. The molecule has 1 aromatic heterocycles. The molecule has 0 atom stereocenters. The van der Waals surface area contributed by atoms with Crippen molar-refractivity contribution in [1.29, 1.82) is 0 Å². The largest absolute Gasteiger partial charge is 0.497 e. The van der Waals surface area contributed by atoms with E-state index in [1.165, 1.54) is 0 Å². The summed E-state index contributed by atoms with van der Waals surface area (Å²) in [6, 6.07) is 5.54. The number of benzene rings is 1. The van der Waals surface area contributed by atoms with Crippen LogP contribution in [-0.4, -0.2) is 37.4 Å². The quantitative estimate of drug-likeness (QED) is 0.930. The summed E-state index contributed by atoms with van der Waals surface area (Å²) < 4.78 is 16.0. The van der Waals surface area contributed by atoms with Gasteiger partial charge in [-0.25, -0.2) is 0 Å². The van der Waals surface area contributed by atoms with Gasteiger partial charge in [0.15, 0.2) is 5.82 Å². The highest BCUT2D eigenvalue weighted by Gasteiger charge is 2.22. The predicted octanol–water partition coefficient (Wildman–Crippen LogP) is 2.22. The fourth-order valence-corrected chi connectivity index (χ4v) is 2.57. The molecule has 0 bridgehead atoms. The molecule has 3 rings (SSSR count). The minimum atomic E-state index is 0.369. The van der Waals surface area contributed by atoms with Crippen LogP contribution in [0.15, 0.2) is 22.7 Å². The van der Waals surface area contributed by atoms with Gasteiger partial charge in [-0.1, -0.05) is 5.16 Å². The predicted molar refractivity (Wildman–Crippen MR) is 77.7 cm³/mol. The van der Waals surface area contributed by atoms with Crippen molar-refractivity contribution in [2.45, 2.75) is 18.8 Å². The van der Waals surface area contributed by atoms with Gasteiger partial charge >= 0.3 is 0 Å². The molecule has 6 heteroatoms. The van der Waals surface area contributed by atoms with E-state index in [9.17, 15) is 0 Å². The van der Waals surface area contributed by atoms with Gasteiger partial charge in [-0.3, -0.25) is 0 Å². The lowest BCUT2D eigenvalue weighted by Crippen LogP contribution is -2.27. The van der Waals surface area contributed by atoms with Crippen LogP contribution in [0.3, 0.4) is 0 Å². The number of rotatable bonds is 4. The van der Waals surface area contributed by atoms with Crippen molar-refractivity contribution in [3.8, 4) is 23.0 Å². The van der Waals surface area contributed by atoms with Crippen LogP contribution in [0.5, 0.6) is 11.5 Å². The molecule has 0 aliphatic carbocycles. The molecule has 0 spiro atoms. The van der Waals surface area contributed by atoms with Gasteiger partial charge in [-0.2, -0.15) is 4.98 Å². The maximum Gasteiger partial charge on any atom is 0.261 e. The molecule has 1 aliphatic heterocycles. The molecule has 112 valence electrons. The Morgan fingerprint density at radius 1 is 1.19 bits per heavy atom. The first-order valence-electron chi connectivity index (χ1n) is 7.08. The summed E-state index contributed by atoms with van der Waals surface area (Å²) in [6.45, 7) is 2.00. The van der Waals surface area contributed by atoms with Crippen LogP contribution in [-0.2, 0) is 0 Å². The molecule has 0 radical (unpaired) electrons. The zero-order chi connectivity index (χ0) is 14.7. The molecule has 1 fully saturated rings. The maximum absolute atomic E-state index is 5.42. The van der Waals surface area contributed by atoms with E-state index >= 15 is 0 Å². The minimum absolute atomic E-state index is 0.369. The smallest absolute Gasteiger partial charge is 0.261 e. The average Bonchev–Trinajstić information content (AvgIpc) is 3.04. The van der Waals surface area contributed by atoms with Gasteiger partial charge in [0.05, 0.1) is 19.8 Å². The Kier molecular flexibility index (Phi) is 4.06. The Hall–Kier alpha value is -2.08. The van der Waals surface area contributed by atoms with Crippen molar-refractivity contribution < 1.29 is 14.0 Å². The van der Waals surface area contributed by atoms with Gasteiger partial charge in [0.1, 0.15) is 11.5 Å². The first-order chi connectivity index (χ1) is 10.3. The van der Waals surface area contributed by atoms with E-state index < -0.39 is 0 Å². The number of ether oxygens (including phenoxy) is 2. The third-order valence-electron chi connectivity index (χ3n) is 3.79. The Morgan fingerprint density at radius 3 is 2.71 bits per heavy atom. The van der Waals surface area contributed by atoms with Crippen molar-refractivity contribution in [1.82, 2.24) is 15.5 Å². The molecule has 1 N–H and O–H groups in total. The van der Waals surface area contributed by atoms with Crippen LogP contribution in [0.4, 0.5) is 0 Å². The summed E-state index contributed by atoms with van der Waals surface area (Å²) >= 11 is 0. The molecular weight excluding hydrogens is 270 g/mol. The van der Waals surface area contributed by atoms with Crippen molar-refractivity contribution >= 4 is 0 Å². The second kappa shape index (κ2) is 6.13. The van der Waals surface area contributed by atoms with E-state index in [2.05, 4.69) is 15.5 Å². The molecule has 1 saturated heterocycles. The zero-order valence-corrected chi connectivity index (χ0v) is 12.3. The Bertz CT molecular complexity index is 606. The van der Waals surface area contributed by atoms with Gasteiger partial charge in [-0.05, 0) is 38.1 Å². The van der Waals surface area contributed by atoms with E-state index in [1.807, 2.05) is 18.2 Å². The summed E-state index contributed by atoms with van der Waals surface area (Å²) in [7, 11) is 3.23. The third-order valence-corrected chi connectivity index (χ3v) is 3.79. The molecule has 1 aromatic carbocycles. The number of piperidine rings is 1. The molecule has 0 amide bonds. The lowest BCUT2D eigenvalue weighted by Gasteiger charge is -2.18. The number of nitrogens with one attached hydrogen (secondary N) is 1. The Morgan fingerprint density at radius 2 is 2.00 bits per heavy atom. The highest BCUT2D eigenvalue weighted by molar-refractivity contribution is 5.64. The summed E-state index contributed by atoms with van der Waals surface area (Å²) in [5.41, 5.74) is 0.783. The second-order valence-electron chi connectivity index (χ2n) is 5.05. The zero-order valence-electron chi connectivity index (χ0n) is 12.3. The summed E-state index contributed by atoms with van der Waals surface area (Å²) in [4.78, 5) is 4.54.